The topological polar surface area (TPSA) is 123 Å². The third-order valence-electron chi connectivity index (χ3n) is 6.76. The predicted octanol–water partition coefficient (Wildman–Crippen LogP) is 3.95. The molecular weight excluding hydrogens is 486 g/mol. The highest BCUT2D eigenvalue weighted by atomic mass is 32.2. The molecule has 1 atom stereocenters. The summed E-state index contributed by atoms with van der Waals surface area (Å²) in [5.74, 6) is -0.233. The minimum atomic E-state index is -0.986. The lowest BCUT2D eigenvalue weighted by molar-refractivity contribution is -0.140. The lowest BCUT2D eigenvalue weighted by atomic mass is 10.0. The van der Waals surface area contributed by atoms with Gasteiger partial charge in [-0.05, 0) is 44.9 Å². The van der Waals surface area contributed by atoms with E-state index in [2.05, 4.69) is 17.2 Å². The fraction of sp³-hybridized carbons (Fsp3) is 0.296. The summed E-state index contributed by atoms with van der Waals surface area (Å²) in [4.78, 5) is 15.5. The van der Waals surface area contributed by atoms with Crippen LogP contribution in [0, 0.1) is 29.6 Å². The van der Waals surface area contributed by atoms with Crippen LogP contribution in [-0.4, -0.2) is 54.5 Å². The largest absolute Gasteiger partial charge is 0.384 e. The quantitative estimate of drug-likeness (QED) is 0.430. The van der Waals surface area contributed by atoms with Gasteiger partial charge in [0.25, 0.3) is 5.91 Å². The molecule has 1 aliphatic heterocycles. The van der Waals surface area contributed by atoms with E-state index in [1.165, 1.54) is 18.7 Å². The second kappa shape index (κ2) is 10.1. The molecule has 5 rings (SSSR count). The van der Waals surface area contributed by atoms with E-state index in [9.17, 15) is 20.4 Å². The average Bonchev–Trinajstić information content (AvgIpc) is 3.51. The molecule has 10 heteroatoms. The van der Waals surface area contributed by atoms with Gasteiger partial charge in [-0.15, -0.1) is 0 Å². The van der Waals surface area contributed by atoms with Gasteiger partial charge in [0, 0.05) is 45.9 Å². The van der Waals surface area contributed by atoms with Crippen molar-refractivity contribution < 1.29 is 9.90 Å². The van der Waals surface area contributed by atoms with E-state index in [1.54, 1.807) is 21.7 Å². The molecule has 0 radical (unpaired) electrons. The summed E-state index contributed by atoms with van der Waals surface area (Å²) in [7, 11) is 0. The second-order valence-corrected chi connectivity index (χ2v) is 10.2. The Morgan fingerprint density at radius 1 is 1.11 bits per heavy atom. The molecule has 1 aromatic carbocycles. The molecule has 0 saturated carbocycles. The number of aliphatic hydroxyl groups excluding tert-OH is 1. The van der Waals surface area contributed by atoms with Gasteiger partial charge in [-0.2, -0.15) is 20.7 Å². The molecule has 9 nitrogen and oxygen atoms in total. The molecule has 37 heavy (non-hydrogen) atoms. The molecule has 3 aromatic heterocycles. The highest BCUT2D eigenvalue weighted by Crippen LogP contribution is 2.38. The third kappa shape index (κ3) is 4.57. The standard InChI is InChI=1S/C27H25N7O2S/c1-17-23(15-31-34(17)22-7-9-32(10-8-22)27(36)18(2)35)20-11-25(26-21(13-29)14-30-33(26)16-20)37-24-6-4-3-5-19(24)12-28/h3-6,11,14-16,18,22,35H,7-10H2,1-2H3/t18-/m0/s1. The fourth-order valence-electron chi connectivity index (χ4n) is 4.83. The average molecular weight is 512 g/mol. The molecule has 1 aliphatic rings. The van der Waals surface area contributed by atoms with Crippen LogP contribution in [-0.2, 0) is 4.79 Å². The SMILES string of the molecule is Cc1c(-c2cc(Sc3ccccc3C#N)c3c(C#N)cnn3c2)cnn1C1CCN(C(=O)[C@H](C)O)CC1. The Bertz CT molecular complexity index is 1570. The van der Waals surface area contributed by atoms with Gasteiger partial charge >= 0.3 is 0 Å². The third-order valence-corrected chi connectivity index (χ3v) is 7.87. The Morgan fingerprint density at radius 2 is 1.84 bits per heavy atom. The van der Waals surface area contributed by atoms with Crippen LogP contribution >= 0.6 is 11.8 Å². The summed E-state index contributed by atoms with van der Waals surface area (Å²) in [6.45, 7) is 4.69. The van der Waals surface area contributed by atoms with Gasteiger partial charge in [-0.1, -0.05) is 23.9 Å². The summed E-state index contributed by atoms with van der Waals surface area (Å²) in [6, 6.07) is 14.0. The molecule has 1 N–H and O–H groups in total. The van der Waals surface area contributed by atoms with Crippen molar-refractivity contribution in [2.45, 2.75) is 48.6 Å². The van der Waals surface area contributed by atoms with Gasteiger partial charge in [0.1, 0.15) is 18.2 Å². The van der Waals surface area contributed by atoms with Gasteiger partial charge < -0.3 is 10.0 Å². The first kappa shape index (κ1) is 24.6. The minimum Gasteiger partial charge on any atom is -0.384 e. The zero-order valence-corrected chi connectivity index (χ0v) is 21.3. The number of pyridine rings is 1. The molecule has 1 amide bonds. The number of nitriles is 2. The van der Waals surface area contributed by atoms with Crippen LogP contribution < -0.4 is 0 Å². The maximum absolute atomic E-state index is 12.1. The van der Waals surface area contributed by atoms with E-state index in [-0.39, 0.29) is 11.9 Å². The maximum atomic E-state index is 12.1. The maximum Gasteiger partial charge on any atom is 0.251 e. The number of fused-ring (bicyclic) bond motifs is 1. The van der Waals surface area contributed by atoms with Crippen LogP contribution in [0.2, 0.25) is 0 Å². The number of nitrogens with zero attached hydrogens (tertiary/aromatic N) is 7. The highest BCUT2D eigenvalue weighted by molar-refractivity contribution is 7.99. The number of hydrogen-bond acceptors (Lipinski definition) is 7. The van der Waals surface area contributed by atoms with E-state index in [4.69, 9.17) is 5.10 Å². The lowest BCUT2D eigenvalue weighted by Gasteiger charge is -2.33. The summed E-state index contributed by atoms with van der Waals surface area (Å²) >= 11 is 1.44. The second-order valence-electron chi connectivity index (χ2n) is 9.09. The molecule has 1 fully saturated rings. The van der Waals surface area contributed by atoms with Crippen molar-refractivity contribution in [3.05, 3.63) is 65.7 Å². The monoisotopic (exact) mass is 511 g/mol. The van der Waals surface area contributed by atoms with E-state index in [1.807, 2.05) is 48.3 Å². The summed E-state index contributed by atoms with van der Waals surface area (Å²) in [6.07, 6.45) is 5.83. The van der Waals surface area contributed by atoms with Gasteiger partial charge in [0.05, 0.1) is 35.1 Å². The van der Waals surface area contributed by atoms with E-state index < -0.39 is 6.10 Å². The Kier molecular flexibility index (Phi) is 6.70. The molecule has 0 aliphatic carbocycles. The van der Waals surface area contributed by atoms with E-state index >= 15 is 0 Å². The molecule has 4 aromatic rings. The van der Waals surface area contributed by atoms with Crippen molar-refractivity contribution in [3.8, 4) is 23.3 Å². The number of aromatic nitrogens is 4. The fourth-order valence-corrected chi connectivity index (χ4v) is 5.92. The van der Waals surface area contributed by atoms with Crippen molar-refractivity contribution >= 4 is 23.2 Å². The first-order valence-electron chi connectivity index (χ1n) is 12.0. The molecule has 4 heterocycles. The van der Waals surface area contributed by atoms with Crippen LogP contribution in [0.15, 0.2) is 58.7 Å². The van der Waals surface area contributed by atoms with Gasteiger partial charge in [-0.3, -0.25) is 9.48 Å². The Labute approximate surface area is 218 Å². The molecule has 1 saturated heterocycles. The summed E-state index contributed by atoms with van der Waals surface area (Å²) in [5.41, 5.74) is 4.59. The van der Waals surface area contributed by atoms with Crippen LogP contribution in [0.3, 0.4) is 0 Å². The van der Waals surface area contributed by atoms with Gasteiger partial charge in [-0.25, -0.2) is 4.52 Å². The summed E-state index contributed by atoms with van der Waals surface area (Å²) < 4.78 is 3.73. The van der Waals surface area contributed by atoms with Crippen molar-refractivity contribution in [2.24, 2.45) is 0 Å². The van der Waals surface area contributed by atoms with Gasteiger partial charge in [0.15, 0.2) is 0 Å². The van der Waals surface area contributed by atoms with Crippen molar-refractivity contribution in [3.63, 3.8) is 0 Å². The Morgan fingerprint density at radius 3 is 2.54 bits per heavy atom. The van der Waals surface area contributed by atoms with E-state index in [0.717, 1.165) is 39.5 Å². The number of carbonyl (C=O) groups excluding carboxylic acids is 1. The van der Waals surface area contributed by atoms with E-state index in [0.29, 0.717) is 29.7 Å². The molecule has 0 spiro atoms. The Hall–Kier alpha value is -4.12. The van der Waals surface area contributed by atoms with Crippen LogP contribution in [0.1, 0.15) is 42.6 Å². The molecular formula is C27H25N7O2S. The first-order chi connectivity index (χ1) is 17.9. The number of aliphatic hydroxyl groups is 1. The molecule has 0 unspecified atom stereocenters. The van der Waals surface area contributed by atoms with Crippen LogP contribution in [0.4, 0.5) is 0 Å². The number of amides is 1. The van der Waals surface area contributed by atoms with Crippen molar-refractivity contribution in [1.29, 1.82) is 10.5 Å². The van der Waals surface area contributed by atoms with Crippen LogP contribution in [0.5, 0.6) is 0 Å². The van der Waals surface area contributed by atoms with Crippen molar-refractivity contribution in [1.82, 2.24) is 24.3 Å². The number of benzene rings is 1. The molecule has 0 bridgehead atoms. The van der Waals surface area contributed by atoms with Crippen LogP contribution in [0.25, 0.3) is 16.6 Å². The highest BCUT2D eigenvalue weighted by Gasteiger charge is 2.27. The number of piperidine rings is 1. The number of carbonyl (C=O) groups is 1. The minimum absolute atomic E-state index is 0.154. The number of rotatable bonds is 5. The zero-order valence-electron chi connectivity index (χ0n) is 20.5. The lowest BCUT2D eigenvalue weighted by Crippen LogP contribution is -2.43. The smallest absolute Gasteiger partial charge is 0.251 e. The predicted molar refractivity (Wildman–Crippen MR) is 138 cm³/mol. The number of likely N-dealkylation sites (tertiary alicyclic amines) is 1. The first-order valence-corrected chi connectivity index (χ1v) is 12.8. The molecule has 186 valence electrons. The summed E-state index contributed by atoms with van der Waals surface area (Å²) in [5, 5.41) is 37.9. The van der Waals surface area contributed by atoms with Crippen molar-refractivity contribution in [2.75, 3.05) is 13.1 Å². The zero-order chi connectivity index (χ0) is 26.1. The van der Waals surface area contributed by atoms with Gasteiger partial charge in [0.2, 0.25) is 0 Å². The normalized spacial score (nSPS) is 14.9. The Balaban J connectivity index is 1.49. The number of hydrogen-bond donors (Lipinski definition) is 1.